The summed E-state index contributed by atoms with van der Waals surface area (Å²) in [6.45, 7) is 0.982. The van der Waals surface area contributed by atoms with Crippen molar-refractivity contribution >= 4 is 15.7 Å². The molecule has 6 heteroatoms. The van der Waals surface area contributed by atoms with Gasteiger partial charge in [-0.3, -0.25) is 4.79 Å². The average Bonchev–Trinajstić information content (AvgIpc) is 2.99. The predicted molar refractivity (Wildman–Crippen MR) is 78.1 cm³/mol. The Bertz CT molecular complexity index is 523. The summed E-state index contributed by atoms with van der Waals surface area (Å²) in [4.78, 5) is 11.7. The monoisotopic (exact) mass is 298 g/mol. The lowest BCUT2D eigenvalue weighted by Gasteiger charge is -2.10. The van der Waals surface area contributed by atoms with Crippen LogP contribution < -0.4 is 5.32 Å². The van der Waals surface area contributed by atoms with Crippen LogP contribution >= 0.6 is 0 Å². The summed E-state index contributed by atoms with van der Waals surface area (Å²) in [7, 11) is -2.91. The van der Waals surface area contributed by atoms with E-state index in [0.717, 1.165) is 25.8 Å². The molecule has 1 atom stereocenters. The summed E-state index contributed by atoms with van der Waals surface area (Å²) in [6.07, 6.45) is 8.03. The van der Waals surface area contributed by atoms with Crippen molar-refractivity contribution < 1.29 is 13.2 Å². The van der Waals surface area contributed by atoms with Crippen molar-refractivity contribution in [3.63, 3.8) is 0 Å². The Labute approximate surface area is 120 Å². The summed E-state index contributed by atoms with van der Waals surface area (Å²) in [5, 5.41) is 2.82. The summed E-state index contributed by atoms with van der Waals surface area (Å²) in [5.41, 5.74) is 0. The molecule has 2 heterocycles. The highest BCUT2D eigenvalue weighted by Crippen LogP contribution is 2.11. The standard InChI is InChI=1S/C14H22N2O3S/c17-14(15-13-7-11-20(18,19)12-13)6-2-1-3-8-16-9-4-5-10-16/h4-5,9-10,13H,1-3,6-8,11-12H2,(H,15,17)/t13-/m1/s1. The van der Waals surface area contributed by atoms with Crippen LogP contribution in [0.2, 0.25) is 0 Å². The molecule has 1 amide bonds. The molecule has 0 aliphatic carbocycles. The minimum absolute atomic E-state index is 0.0203. The minimum atomic E-state index is -2.91. The van der Waals surface area contributed by atoms with Gasteiger partial charge in [-0.05, 0) is 31.4 Å². The molecule has 0 aromatic carbocycles. The number of nitrogens with zero attached hydrogens (tertiary/aromatic N) is 1. The van der Waals surface area contributed by atoms with E-state index in [1.807, 2.05) is 24.5 Å². The van der Waals surface area contributed by atoms with Gasteiger partial charge in [0.15, 0.2) is 9.84 Å². The summed E-state index contributed by atoms with van der Waals surface area (Å²) < 4.78 is 24.7. The van der Waals surface area contributed by atoms with Crippen LogP contribution in [0.3, 0.4) is 0 Å². The van der Waals surface area contributed by atoms with Crippen molar-refractivity contribution in [3.05, 3.63) is 24.5 Å². The molecular formula is C14H22N2O3S. The van der Waals surface area contributed by atoms with Gasteiger partial charge in [-0.25, -0.2) is 8.42 Å². The fourth-order valence-electron chi connectivity index (χ4n) is 2.48. The lowest BCUT2D eigenvalue weighted by Crippen LogP contribution is -2.35. The molecule has 1 aromatic heterocycles. The summed E-state index contributed by atoms with van der Waals surface area (Å²) in [5.74, 6) is 0.286. The zero-order chi connectivity index (χ0) is 14.4. The van der Waals surface area contributed by atoms with Gasteiger partial charge < -0.3 is 9.88 Å². The fourth-order valence-corrected chi connectivity index (χ4v) is 4.16. The number of aryl methyl sites for hydroxylation is 1. The number of carbonyl (C=O) groups is 1. The van der Waals surface area contributed by atoms with Crippen LogP contribution in [-0.4, -0.2) is 36.4 Å². The largest absolute Gasteiger partial charge is 0.354 e. The van der Waals surface area contributed by atoms with Crippen LogP contribution in [0, 0.1) is 0 Å². The number of rotatable bonds is 7. The van der Waals surface area contributed by atoms with E-state index in [1.165, 1.54) is 0 Å². The van der Waals surface area contributed by atoms with Crippen molar-refractivity contribution in [3.8, 4) is 0 Å². The molecule has 0 unspecified atom stereocenters. The molecular weight excluding hydrogens is 276 g/mol. The SMILES string of the molecule is O=C(CCCCCn1cccc1)N[C@@H]1CCS(=O)(=O)C1. The van der Waals surface area contributed by atoms with Crippen molar-refractivity contribution in [2.24, 2.45) is 0 Å². The Kier molecular flexibility index (Phi) is 5.23. The van der Waals surface area contributed by atoms with Crippen molar-refractivity contribution in [2.75, 3.05) is 11.5 Å². The van der Waals surface area contributed by atoms with Crippen LogP contribution in [0.25, 0.3) is 0 Å². The van der Waals surface area contributed by atoms with E-state index in [-0.39, 0.29) is 23.5 Å². The van der Waals surface area contributed by atoms with Crippen LogP contribution in [0.1, 0.15) is 32.1 Å². The van der Waals surface area contributed by atoms with Gasteiger partial charge >= 0.3 is 0 Å². The van der Waals surface area contributed by atoms with Gasteiger partial charge in [-0.15, -0.1) is 0 Å². The Balaban J connectivity index is 1.54. The van der Waals surface area contributed by atoms with Gasteiger partial charge in [0.25, 0.3) is 0 Å². The molecule has 1 fully saturated rings. The van der Waals surface area contributed by atoms with Crippen LogP contribution in [0.15, 0.2) is 24.5 Å². The second kappa shape index (κ2) is 6.92. The van der Waals surface area contributed by atoms with Gasteiger partial charge in [-0.1, -0.05) is 6.42 Å². The van der Waals surface area contributed by atoms with E-state index < -0.39 is 9.84 Å². The maximum Gasteiger partial charge on any atom is 0.220 e. The fraction of sp³-hybridized carbons (Fsp3) is 0.643. The highest BCUT2D eigenvalue weighted by Gasteiger charge is 2.28. The number of hydrogen-bond donors (Lipinski definition) is 1. The van der Waals surface area contributed by atoms with E-state index >= 15 is 0 Å². The zero-order valence-corrected chi connectivity index (χ0v) is 12.4. The number of carbonyl (C=O) groups excluding carboxylic acids is 1. The third kappa shape index (κ3) is 5.00. The van der Waals surface area contributed by atoms with Gasteiger partial charge in [-0.2, -0.15) is 0 Å². The van der Waals surface area contributed by atoms with Gasteiger partial charge in [0.2, 0.25) is 5.91 Å². The van der Waals surface area contributed by atoms with Gasteiger partial charge in [0.1, 0.15) is 0 Å². The lowest BCUT2D eigenvalue weighted by atomic mass is 10.1. The van der Waals surface area contributed by atoms with E-state index in [1.54, 1.807) is 0 Å². The molecule has 1 saturated heterocycles. The molecule has 112 valence electrons. The first-order valence-electron chi connectivity index (χ1n) is 7.16. The Morgan fingerprint density at radius 2 is 1.95 bits per heavy atom. The smallest absolute Gasteiger partial charge is 0.220 e. The Hall–Kier alpha value is -1.30. The number of aromatic nitrogens is 1. The minimum Gasteiger partial charge on any atom is -0.354 e. The van der Waals surface area contributed by atoms with E-state index in [2.05, 4.69) is 9.88 Å². The molecule has 1 aliphatic heterocycles. The molecule has 0 radical (unpaired) electrons. The van der Waals surface area contributed by atoms with E-state index in [9.17, 15) is 13.2 Å². The maximum absolute atomic E-state index is 11.7. The molecule has 0 spiro atoms. The molecule has 1 N–H and O–H groups in total. The second-order valence-electron chi connectivity index (χ2n) is 5.40. The van der Waals surface area contributed by atoms with Crippen molar-refractivity contribution in [1.82, 2.24) is 9.88 Å². The number of nitrogens with one attached hydrogen (secondary N) is 1. The van der Waals surface area contributed by atoms with Gasteiger partial charge in [0.05, 0.1) is 11.5 Å². The van der Waals surface area contributed by atoms with Crippen molar-refractivity contribution in [1.29, 1.82) is 0 Å². The van der Waals surface area contributed by atoms with Crippen LogP contribution in [0.5, 0.6) is 0 Å². The maximum atomic E-state index is 11.7. The molecule has 20 heavy (non-hydrogen) atoms. The molecule has 0 bridgehead atoms. The highest BCUT2D eigenvalue weighted by molar-refractivity contribution is 7.91. The zero-order valence-electron chi connectivity index (χ0n) is 11.6. The van der Waals surface area contributed by atoms with Crippen LogP contribution in [0.4, 0.5) is 0 Å². The number of sulfone groups is 1. The third-order valence-corrected chi connectivity index (χ3v) is 5.35. The quantitative estimate of drug-likeness (QED) is 0.773. The second-order valence-corrected chi connectivity index (χ2v) is 7.63. The van der Waals surface area contributed by atoms with E-state index in [0.29, 0.717) is 12.8 Å². The van der Waals surface area contributed by atoms with Crippen molar-refractivity contribution in [2.45, 2.75) is 44.7 Å². The first-order valence-corrected chi connectivity index (χ1v) is 8.98. The third-order valence-electron chi connectivity index (χ3n) is 3.58. The predicted octanol–water partition coefficient (Wildman–Crippen LogP) is 1.35. The molecule has 0 saturated carbocycles. The molecule has 5 nitrogen and oxygen atoms in total. The topological polar surface area (TPSA) is 68.2 Å². The lowest BCUT2D eigenvalue weighted by molar-refractivity contribution is -0.121. The number of hydrogen-bond acceptors (Lipinski definition) is 3. The number of unbranched alkanes of at least 4 members (excludes halogenated alkanes) is 2. The molecule has 1 aromatic rings. The first-order chi connectivity index (χ1) is 9.55. The summed E-state index contributed by atoms with van der Waals surface area (Å²) in [6, 6.07) is 3.83. The Morgan fingerprint density at radius 1 is 1.20 bits per heavy atom. The number of amides is 1. The highest BCUT2D eigenvalue weighted by atomic mass is 32.2. The average molecular weight is 298 g/mol. The molecule has 1 aliphatic rings. The Morgan fingerprint density at radius 3 is 2.60 bits per heavy atom. The van der Waals surface area contributed by atoms with Crippen LogP contribution in [-0.2, 0) is 21.2 Å². The summed E-state index contributed by atoms with van der Waals surface area (Å²) >= 11 is 0. The van der Waals surface area contributed by atoms with Gasteiger partial charge in [0, 0.05) is 31.4 Å². The normalized spacial score (nSPS) is 20.9. The van der Waals surface area contributed by atoms with E-state index in [4.69, 9.17) is 0 Å². The first kappa shape index (κ1) is 15.1. The molecule has 2 rings (SSSR count).